The summed E-state index contributed by atoms with van der Waals surface area (Å²) in [6.45, 7) is 2.08. The van der Waals surface area contributed by atoms with Crippen molar-refractivity contribution in [3.8, 4) is 0 Å². The lowest BCUT2D eigenvalue weighted by atomic mass is 10.2. The zero-order valence-electron chi connectivity index (χ0n) is 8.08. The van der Waals surface area contributed by atoms with Gasteiger partial charge in [0.2, 0.25) is 0 Å². The van der Waals surface area contributed by atoms with Crippen LogP contribution in [0.25, 0.3) is 0 Å². The molecule has 0 atom stereocenters. The Morgan fingerprint density at radius 1 is 1.36 bits per heavy atom. The molecule has 1 aromatic carbocycles. The van der Waals surface area contributed by atoms with Crippen molar-refractivity contribution in [3.05, 3.63) is 24.3 Å². The van der Waals surface area contributed by atoms with E-state index in [4.69, 9.17) is 5.73 Å². The van der Waals surface area contributed by atoms with E-state index >= 15 is 0 Å². The van der Waals surface area contributed by atoms with Crippen LogP contribution >= 0.6 is 0 Å². The number of para-hydroxylation sites is 2. The van der Waals surface area contributed by atoms with Crippen molar-refractivity contribution in [1.29, 1.82) is 0 Å². The van der Waals surface area contributed by atoms with Crippen LogP contribution in [0.5, 0.6) is 0 Å². The summed E-state index contributed by atoms with van der Waals surface area (Å²) in [4.78, 5) is 1.57. The molecule has 0 amide bonds. The number of halogens is 2. The van der Waals surface area contributed by atoms with E-state index in [9.17, 15) is 8.78 Å². The summed E-state index contributed by atoms with van der Waals surface area (Å²) in [5.74, 6) is 0. The molecule has 14 heavy (non-hydrogen) atoms. The number of rotatable bonds is 4. The van der Waals surface area contributed by atoms with Crippen molar-refractivity contribution in [3.63, 3.8) is 0 Å². The summed E-state index contributed by atoms with van der Waals surface area (Å²) in [7, 11) is 0. The van der Waals surface area contributed by atoms with Gasteiger partial charge in [-0.05, 0) is 19.1 Å². The predicted octanol–water partition coefficient (Wildman–Crippen LogP) is 2.36. The van der Waals surface area contributed by atoms with E-state index in [1.54, 1.807) is 29.2 Å². The Kier molecular flexibility index (Phi) is 3.68. The molecule has 0 aliphatic carbocycles. The van der Waals surface area contributed by atoms with Gasteiger partial charge in [-0.3, -0.25) is 0 Å². The molecule has 0 radical (unpaired) electrons. The number of alkyl halides is 2. The third-order valence-corrected chi connectivity index (χ3v) is 2.02. The van der Waals surface area contributed by atoms with E-state index in [1.807, 2.05) is 6.92 Å². The second-order valence-electron chi connectivity index (χ2n) is 2.99. The molecule has 1 aromatic rings. The zero-order chi connectivity index (χ0) is 10.6. The Morgan fingerprint density at radius 2 is 2.00 bits per heavy atom. The van der Waals surface area contributed by atoms with E-state index in [0.29, 0.717) is 17.9 Å². The molecule has 0 unspecified atom stereocenters. The fourth-order valence-corrected chi connectivity index (χ4v) is 1.34. The van der Waals surface area contributed by atoms with Gasteiger partial charge in [-0.2, -0.15) is 0 Å². The number of anilines is 2. The quantitative estimate of drug-likeness (QED) is 0.756. The lowest BCUT2D eigenvalue weighted by Gasteiger charge is -2.23. The third-order valence-electron chi connectivity index (χ3n) is 2.02. The van der Waals surface area contributed by atoms with Crippen LogP contribution in [-0.2, 0) is 0 Å². The summed E-state index contributed by atoms with van der Waals surface area (Å²) in [5.41, 5.74) is 6.90. The van der Waals surface area contributed by atoms with Crippen LogP contribution in [-0.4, -0.2) is 19.5 Å². The lowest BCUT2D eigenvalue weighted by molar-refractivity contribution is 0.155. The zero-order valence-corrected chi connectivity index (χ0v) is 8.08. The summed E-state index contributed by atoms with van der Waals surface area (Å²) >= 11 is 0. The Morgan fingerprint density at radius 3 is 2.50 bits per heavy atom. The number of hydrogen-bond acceptors (Lipinski definition) is 2. The highest BCUT2D eigenvalue weighted by Crippen LogP contribution is 2.22. The van der Waals surface area contributed by atoms with Crippen molar-refractivity contribution in [1.82, 2.24) is 0 Å². The first kappa shape index (κ1) is 10.8. The summed E-state index contributed by atoms with van der Waals surface area (Å²) < 4.78 is 24.4. The molecule has 0 saturated heterocycles. The topological polar surface area (TPSA) is 29.3 Å². The average molecular weight is 200 g/mol. The van der Waals surface area contributed by atoms with Gasteiger partial charge in [0.25, 0.3) is 6.43 Å². The second kappa shape index (κ2) is 4.79. The van der Waals surface area contributed by atoms with Gasteiger partial charge in [0, 0.05) is 6.54 Å². The minimum absolute atomic E-state index is 0.273. The standard InChI is InChI=1S/C10H14F2N2/c1-2-14(7-10(11)12)9-6-4-3-5-8(9)13/h3-6,10H,2,7,13H2,1H3. The average Bonchev–Trinajstić information content (AvgIpc) is 2.15. The molecule has 1 rings (SSSR count). The van der Waals surface area contributed by atoms with Gasteiger partial charge in [0.1, 0.15) is 0 Å². The Balaban J connectivity index is 2.83. The SMILES string of the molecule is CCN(CC(F)F)c1ccccc1N. The maximum atomic E-state index is 12.2. The number of benzene rings is 1. The predicted molar refractivity (Wildman–Crippen MR) is 54.7 cm³/mol. The first-order valence-corrected chi connectivity index (χ1v) is 4.52. The summed E-state index contributed by atoms with van der Waals surface area (Å²) in [5, 5.41) is 0. The van der Waals surface area contributed by atoms with Crippen LogP contribution in [0.15, 0.2) is 24.3 Å². The molecule has 2 N–H and O–H groups in total. The number of nitrogens with two attached hydrogens (primary N) is 1. The summed E-state index contributed by atoms with van der Waals surface area (Å²) in [6.07, 6.45) is -2.34. The van der Waals surface area contributed by atoms with Crippen molar-refractivity contribution in [2.24, 2.45) is 0 Å². The molecule has 0 heterocycles. The van der Waals surface area contributed by atoms with Crippen molar-refractivity contribution >= 4 is 11.4 Å². The lowest BCUT2D eigenvalue weighted by Crippen LogP contribution is -2.29. The Bertz CT molecular complexity index is 289. The van der Waals surface area contributed by atoms with E-state index in [2.05, 4.69) is 0 Å². The van der Waals surface area contributed by atoms with Gasteiger partial charge in [-0.1, -0.05) is 12.1 Å². The third kappa shape index (κ3) is 2.58. The maximum absolute atomic E-state index is 12.2. The van der Waals surface area contributed by atoms with Gasteiger partial charge in [0.05, 0.1) is 17.9 Å². The largest absolute Gasteiger partial charge is 0.397 e. The van der Waals surface area contributed by atoms with Crippen LogP contribution in [0, 0.1) is 0 Å². The molecule has 0 bridgehead atoms. The van der Waals surface area contributed by atoms with Gasteiger partial charge < -0.3 is 10.6 Å². The van der Waals surface area contributed by atoms with Gasteiger partial charge >= 0.3 is 0 Å². The molecular weight excluding hydrogens is 186 g/mol. The Hall–Kier alpha value is -1.32. The molecule has 0 aliphatic rings. The molecule has 0 fully saturated rings. The van der Waals surface area contributed by atoms with Gasteiger partial charge in [0.15, 0.2) is 0 Å². The van der Waals surface area contributed by atoms with E-state index in [1.165, 1.54) is 0 Å². The smallest absolute Gasteiger partial charge is 0.255 e. The molecule has 2 nitrogen and oxygen atoms in total. The number of hydrogen-bond donors (Lipinski definition) is 1. The first-order valence-electron chi connectivity index (χ1n) is 4.52. The van der Waals surface area contributed by atoms with Crippen LogP contribution in [0.3, 0.4) is 0 Å². The van der Waals surface area contributed by atoms with Crippen molar-refractivity contribution in [2.75, 3.05) is 23.7 Å². The minimum Gasteiger partial charge on any atom is -0.397 e. The van der Waals surface area contributed by atoms with Crippen LogP contribution in [0.4, 0.5) is 20.2 Å². The molecule has 0 saturated carbocycles. The molecular formula is C10H14F2N2. The number of nitrogen functional groups attached to an aromatic ring is 1. The van der Waals surface area contributed by atoms with E-state index in [0.717, 1.165) is 0 Å². The number of nitrogens with zero attached hydrogens (tertiary/aromatic N) is 1. The highest BCUT2D eigenvalue weighted by atomic mass is 19.3. The molecule has 78 valence electrons. The van der Waals surface area contributed by atoms with Crippen LogP contribution in [0.1, 0.15) is 6.92 Å². The molecule has 0 spiro atoms. The van der Waals surface area contributed by atoms with E-state index in [-0.39, 0.29) is 6.54 Å². The molecule has 0 aromatic heterocycles. The highest BCUT2D eigenvalue weighted by Gasteiger charge is 2.12. The molecule has 4 heteroatoms. The monoisotopic (exact) mass is 200 g/mol. The van der Waals surface area contributed by atoms with Crippen LogP contribution in [0.2, 0.25) is 0 Å². The van der Waals surface area contributed by atoms with Gasteiger partial charge in [-0.25, -0.2) is 8.78 Å². The summed E-state index contributed by atoms with van der Waals surface area (Å²) in [6, 6.07) is 7.04. The highest BCUT2D eigenvalue weighted by molar-refractivity contribution is 5.67. The molecule has 0 aliphatic heterocycles. The Labute approximate surface area is 82.3 Å². The van der Waals surface area contributed by atoms with Crippen LogP contribution < -0.4 is 10.6 Å². The second-order valence-corrected chi connectivity index (χ2v) is 2.99. The van der Waals surface area contributed by atoms with Crippen molar-refractivity contribution < 1.29 is 8.78 Å². The minimum atomic E-state index is -2.34. The maximum Gasteiger partial charge on any atom is 0.255 e. The fraction of sp³-hybridized carbons (Fsp3) is 0.400. The van der Waals surface area contributed by atoms with Crippen molar-refractivity contribution in [2.45, 2.75) is 13.3 Å². The van der Waals surface area contributed by atoms with E-state index < -0.39 is 6.43 Å². The first-order chi connectivity index (χ1) is 6.65. The normalized spacial score (nSPS) is 10.6. The van der Waals surface area contributed by atoms with Gasteiger partial charge in [-0.15, -0.1) is 0 Å². The fourth-order valence-electron chi connectivity index (χ4n) is 1.34.